The van der Waals surface area contributed by atoms with Gasteiger partial charge in [0.15, 0.2) is 0 Å². The van der Waals surface area contributed by atoms with Crippen LogP contribution in [0.2, 0.25) is 0 Å². The van der Waals surface area contributed by atoms with Crippen LogP contribution in [0.3, 0.4) is 0 Å². The van der Waals surface area contributed by atoms with Gasteiger partial charge in [-0.2, -0.15) is 13.2 Å². The first kappa shape index (κ1) is 17.7. The number of hydrogen-bond donors (Lipinski definition) is 1. The second-order valence-corrected chi connectivity index (χ2v) is 5.64. The predicted octanol–water partition coefficient (Wildman–Crippen LogP) is 3.76. The minimum Gasteiger partial charge on any atom is -0.372 e. The first-order valence-corrected chi connectivity index (χ1v) is 6.54. The molecule has 5 heteroatoms. The summed E-state index contributed by atoms with van der Waals surface area (Å²) in [5.41, 5.74) is 0.169. The zero-order chi connectivity index (χ0) is 14.2. The van der Waals surface area contributed by atoms with Crippen LogP contribution in [0.5, 0.6) is 0 Å². The van der Waals surface area contributed by atoms with E-state index < -0.39 is 12.8 Å². The van der Waals surface area contributed by atoms with Crippen LogP contribution in [0, 0.1) is 5.41 Å². The average molecular weight is 269 g/mol. The minimum absolute atomic E-state index is 0.169. The molecule has 0 aromatic carbocycles. The highest BCUT2D eigenvalue weighted by Crippen LogP contribution is 2.23. The Morgan fingerprint density at radius 1 is 1.11 bits per heavy atom. The predicted molar refractivity (Wildman–Crippen MR) is 67.6 cm³/mol. The molecule has 0 aliphatic heterocycles. The zero-order valence-corrected chi connectivity index (χ0v) is 11.9. The van der Waals surface area contributed by atoms with Crippen molar-refractivity contribution in [1.29, 1.82) is 0 Å². The third-order valence-electron chi connectivity index (χ3n) is 2.79. The Bertz CT molecular complexity index is 211. The Hall–Kier alpha value is -0.290. The molecule has 0 bridgehead atoms. The molecule has 18 heavy (non-hydrogen) atoms. The summed E-state index contributed by atoms with van der Waals surface area (Å²) in [6, 6.07) is 0.394. The van der Waals surface area contributed by atoms with Gasteiger partial charge >= 0.3 is 6.18 Å². The third kappa shape index (κ3) is 9.71. The molecule has 110 valence electrons. The molecule has 2 nitrogen and oxygen atoms in total. The number of hydrogen-bond acceptors (Lipinski definition) is 2. The Morgan fingerprint density at radius 2 is 1.72 bits per heavy atom. The van der Waals surface area contributed by atoms with Crippen LogP contribution >= 0.6 is 0 Å². The lowest BCUT2D eigenvalue weighted by molar-refractivity contribution is -0.174. The zero-order valence-electron chi connectivity index (χ0n) is 11.9. The van der Waals surface area contributed by atoms with Gasteiger partial charge in [-0.25, -0.2) is 0 Å². The molecule has 0 amide bonds. The standard InChI is InChI=1S/C13H26F3NO/c1-5-17-11(12(2,3)4)8-6-7-9-18-10-13(14,15)16/h11,17H,5-10H2,1-4H3. The number of alkyl halides is 3. The van der Waals surface area contributed by atoms with Gasteiger partial charge in [0.1, 0.15) is 6.61 Å². The van der Waals surface area contributed by atoms with Crippen LogP contribution in [-0.4, -0.2) is 32.0 Å². The monoisotopic (exact) mass is 269 g/mol. The summed E-state index contributed by atoms with van der Waals surface area (Å²) in [7, 11) is 0. The Morgan fingerprint density at radius 3 is 2.17 bits per heavy atom. The normalized spacial score (nSPS) is 14.8. The van der Waals surface area contributed by atoms with Crippen molar-refractivity contribution in [2.75, 3.05) is 19.8 Å². The highest BCUT2D eigenvalue weighted by molar-refractivity contribution is 4.79. The maximum atomic E-state index is 11.8. The van der Waals surface area contributed by atoms with Gasteiger partial charge < -0.3 is 10.1 Å². The molecule has 0 rings (SSSR count). The molecule has 0 saturated carbocycles. The first-order chi connectivity index (χ1) is 8.17. The SMILES string of the molecule is CCNC(CCCCOCC(F)(F)F)C(C)(C)C. The lowest BCUT2D eigenvalue weighted by atomic mass is 9.84. The van der Waals surface area contributed by atoms with Gasteiger partial charge in [0, 0.05) is 12.6 Å². The van der Waals surface area contributed by atoms with Crippen LogP contribution in [0.4, 0.5) is 13.2 Å². The molecule has 0 aromatic heterocycles. The largest absolute Gasteiger partial charge is 0.411 e. The lowest BCUT2D eigenvalue weighted by Gasteiger charge is -2.31. The summed E-state index contributed by atoms with van der Waals surface area (Å²) in [5, 5.41) is 3.42. The molecular weight excluding hydrogens is 243 g/mol. The van der Waals surface area contributed by atoms with Gasteiger partial charge in [-0.3, -0.25) is 0 Å². The molecule has 1 N–H and O–H groups in total. The number of ether oxygens (including phenoxy) is 1. The average Bonchev–Trinajstić information content (AvgIpc) is 2.18. The molecule has 0 saturated heterocycles. The van der Waals surface area contributed by atoms with Crippen molar-refractivity contribution in [3.63, 3.8) is 0 Å². The number of unbranched alkanes of at least 4 members (excludes halogenated alkanes) is 1. The van der Waals surface area contributed by atoms with Gasteiger partial charge in [-0.1, -0.05) is 27.7 Å². The summed E-state index contributed by atoms with van der Waals surface area (Å²) in [6.45, 7) is 8.52. The van der Waals surface area contributed by atoms with E-state index in [1.807, 2.05) is 0 Å². The smallest absolute Gasteiger partial charge is 0.372 e. The van der Waals surface area contributed by atoms with Crippen LogP contribution in [-0.2, 0) is 4.74 Å². The van der Waals surface area contributed by atoms with Crippen molar-refractivity contribution in [3.05, 3.63) is 0 Å². The van der Waals surface area contributed by atoms with E-state index in [0.29, 0.717) is 12.5 Å². The molecule has 0 aliphatic carbocycles. The molecule has 0 aliphatic rings. The third-order valence-corrected chi connectivity index (χ3v) is 2.79. The molecule has 0 aromatic rings. The molecular formula is C13H26F3NO. The molecule has 1 atom stereocenters. The van der Waals surface area contributed by atoms with E-state index >= 15 is 0 Å². The van der Waals surface area contributed by atoms with E-state index in [0.717, 1.165) is 19.4 Å². The summed E-state index contributed by atoms with van der Waals surface area (Å²) in [6.07, 6.45) is -1.69. The van der Waals surface area contributed by atoms with Crippen molar-refractivity contribution < 1.29 is 17.9 Å². The second kappa shape index (κ2) is 8.00. The maximum absolute atomic E-state index is 11.8. The van der Waals surface area contributed by atoms with Crippen molar-refractivity contribution in [2.24, 2.45) is 5.41 Å². The van der Waals surface area contributed by atoms with Gasteiger partial charge in [0.25, 0.3) is 0 Å². The highest BCUT2D eigenvalue weighted by Gasteiger charge is 2.27. The molecule has 1 unspecified atom stereocenters. The van der Waals surface area contributed by atoms with E-state index in [1.165, 1.54) is 0 Å². The summed E-state index contributed by atoms with van der Waals surface area (Å²) in [5.74, 6) is 0. The van der Waals surface area contributed by atoms with Crippen LogP contribution in [0.1, 0.15) is 47.0 Å². The van der Waals surface area contributed by atoms with Gasteiger partial charge in [0.05, 0.1) is 0 Å². The topological polar surface area (TPSA) is 21.3 Å². The number of rotatable bonds is 8. The summed E-state index contributed by atoms with van der Waals surface area (Å²) < 4.78 is 40.0. The van der Waals surface area contributed by atoms with E-state index in [4.69, 9.17) is 0 Å². The summed E-state index contributed by atoms with van der Waals surface area (Å²) in [4.78, 5) is 0. The van der Waals surface area contributed by atoms with E-state index in [-0.39, 0.29) is 12.0 Å². The fourth-order valence-electron chi connectivity index (χ4n) is 1.83. The van der Waals surface area contributed by atoms with Crippen molar-refractivity contribution in [2.45, 2.75) is 59.2 Å². The van der Waals surface area contributed by atoms with Gasteiger partial charge in [-0.15, -0.1) is 0 Å². The number of halogens is 3. The fourth-order valence-corrected chi connectivity index (χ4v) is 1.83. The quantitative estimate of drug-likeness (QED) is 0.677. The molecule has 0 fully saturated rings. The van der Waals surface area contributed by atoms with Crippen LogP contribution < -0.4 is 5.32 Å². The van der Waals surface area contributed by atoms with Crippen molar-refractivity contribution in [1.82, 2.24) is 5.32 Å². The number of nitrogens with one attached hydrogen (secondary N) is 1. The molecule has 0 radical (unpaired) electrons. The Kier molecular flexibility index (Phi) is 7.87. The Labute approximate surface area is 108 Å². The maximum Gasteiger partial charge on any atom is 0.411 e. The minimum atomic E-state index is -4.21. The van der Waals surface area contributed by atoms with Crippen LogP contribution in [0.15, 0.2) is 0 Å². The summed E-state index contributed by atoms with van der Waals surface area (Å²) >= 11 is 0. The van der Waals surface area contributed by atoms with Crippen molar-refractivity contribution >= 4 is 0 Å². The van der Waals surface area contributed by atoms with E-state index in [9.17, 15) is 13.2 Å². The highest BCUT2D eigenvalue weighted by atomic mass is 19.4. The Balaban J connectivity index is 3.68. The fraction of sp³-hybridized carbons (Fsp3) is 1.00. The van der Waals surface area contributed by atoms with Gasteiger partial charge in [0.2, 0.25) is 0 Å². The van der Waals surface area contributed by atoms with Crippen molar-refractivity contribution in [3.8, 4) is 0 Å². The lowest BCUT2D eigenvalue weighted by Crippen LogP contribution is -2.40. The molecule has 0 heterocycles. The second-order valence-electron chi connectivity index (χ2n) is 5.64. The first-order valence-electron chi connectivity index (χ1n) is 6.54. The van der Waals surface area contributed by atoms with Gasteiger partial charge in [-0.05, 0) is 31.2 Å². The van der Waals surface area contributed by atoms with E-state index in [2.05, 4.69) is 37.7 Å². The van der Waals surface area contributed by atoms with E-state index in [1.54, 1.807) is 0 Å². The molecule has 0 spiro atoms. The van der Waals surface area contributed by atoms with Crippen LogP contribution in [0.25, 0.3) is 0 Å².